The second kappa shape index (κ2) is 9.04. The first kappa shape index (κ1) is 20.1. The van der Waals surface area contributed by atoms with E-state index in [1.807, 2.05) is 42.5 Å². The van der Waals surface area contributed by atoms with Crippen LogP contribution in [0, 0.1) is 0 Å². The van der Waals surface area contributed by atoms with Crippen molar-refractivity contribution in [3.8, 4) is 5.75 Å². The van der Waals surface area contributed by atoms with Gasteiger partial charge in [-0.05, 0) is 41.3 Å². The molecular formula is C21H25ClO5. The third-order valence-electron chi connectivity index (χ3n) is 4.99. The van der Waals surface area contributed by atoms with Crippen LogP contribution in [0.15, 0.2) is 42.5 Å². The Balaban J connectivity index is 1.80. The molecule has 4 atom stereocenters. The van der Waals surface area contributed by atoms with Gasteiger partial charge in [-0.3, -0.25) is 0 Å². The van der Waals surface area contributed by atoms with Crippen molar-refractivity contribution in [3.05, 3.63) is 64.2 Å². The number of ether oxygens (including phenoxy) is 3. The summed E-state index contributed by atoms with van der Waals surface area (Å²) in [7, 11) is 3.15. The molecule has 1 aliphatic rings. The Morgan fingerprint density at radius 1 is 1.15 bits per heavy atom. The topological polar surface area (TPSA) is 68.2 Å². The molecule has 6 heteroatoms. The summed E-state index contributed by atoms with van der Waals surface area (Å²) in [6.45, 7) is -0.210. The van der Waals surface area contributed by atoms with Gasteiger partial charge in [0.2, 0.25) is 0 Å². The predicted molar refractivity (Wildman–Crippen MR) is 103 cm³/mol. The number of aliphatic hydroxyl groups is 2. The third kappa shape index (κ3) is 4.62. The smallest absolute Gasteiger partial charge is 0.118 e. The lowest BCUT2D eigenvalue weighted by Gasteiger charge is -2.38. The largest absolute Gasteiger partial charge is 0.497 e. The maximum absolute atomic E-state index is 10.4. The van der Waals surface area contributed by atoms with Crippen LogP contribution in [0.5, 0.6) is 5.75 Å². The van der Waals surface area contributed by atoms with Gasteiger partial charge in [0, 0.05) is 18.6 Å². The van der Waals surface area contributed by atoms with Crippen LogP contribution in [0.3, 0.4) is 0 Å². The van der Waals surface area contributed by atoms with E-state index in [2.05, 4.69) is 0 Å². The highest BCUT2D eigenvalue weighted by Crippen LogP contribution is 2.34. The second-order valence-corrected chi connectivity index (χ2v) is 7.13. The maximum atomic E-state index is 10.4. The minimum atomic E-state index is -0.702. The minimum absolute atomic E-state index is 0.210. The molecule has 0 bridgehead atoms. The van der Waals surface area contributed by atoms with Crippen LogP contribution in [-0.2, 0) is 15.9 Å². The second-order valence-electron chi connectivity index (χ2n) is 6.72. The fourth-order valence-electron chi connectivity index (χ4n) is 3.51. The third-order valence-corrected chi connectivity index (χ3v) is 5.36. The first-order valence-electron chi connectivity index (χ1n) is 8.94. The van der Waals surface area contributed by atoms with Gasteiger partial charge >= 0.3 is 0 Å². The van der Waals surface area contributed by atoms with E-state index < -0.39 is 18.3 Å². The van der Waals surface area contributed by atoms with Crippen molar-refractivity contribution in [2.45, 2.75) is 37.3 Å². The number of hydrogen-bond donors (Lipinski definition) is 2. The standard InChI is InChI=1S/C21H25ClO5/c1-25-16-6-3-13(4-7-16)9-15-10-14(5-8-17(15)22)19-11-18(24)21(26-2)20(12-23)27-19/h3-8,10,18-21,23-24H,9,11-12H2,1-2H3. The molecule has 5 nitrogen and oxygen atoms in total. The Kier molecular flexibility index (Phi) is 6.73. The molecule has 2 aromatic rings. The maximum Gasteiger partial charge on any atom is 0.118 e. The Labute approximate surface area is 164 Å². The van der Waals surface area contributed by atoms with E-state index in [1.165, 1.54) is 7.11 Å². The summed E-state index contributed by atoms with van der Waals surface area (Å²) in [5, 5.41) is 20.6. The number of rotatable bonds is 6. The van der Waals surface area contributed by atoms with Crippen molar-refractivity contribution in [1.82, 2.24) is 0 Å². The van der Waals surface area contributed by atoms with Gasteiger partial charge in [-0.15, -0.1) is 0 Å². The summed E-state index contributed by atoms with van der Waals surface area (Å²) in [6, 6.07) is 13.6. The average Bonchev–Trinajstić information content (AvgIpc) is 2.69. The summed E-state index contributed by atoms with van der Waals surface area (Å²) in [5.74, 6) is 0.811. The SMILES string of the molecule is COc1ccc(Cc2cc(C3CC(O)C(OC)C(CO)O3)ccc2Cl)cc1. The quantitative estimate of drug-likeness (QED) is 0.790. The lowest BCUT2D eigenvalue weighted by atomic mass is 9.92. The Morgan fingerprint density at radius 2 is 1.89 bits per heavy atom. The van der Waals surface area contributed by atoms with Crippen LogP contribution in [0.2, 0.25) is 5.02 Å². The van der Waals surface area contributed by atoms with Gasteiger partial charge in [-0.25, -0.2) is 0 Å². The molecule has 2 N–H and O–H groups in total. The fraction of sp³-hybridized carbons (Fsp3) is 0.429. The zero-order chi connectivity index (χ0) is 19.4. The zero-order valence-electron chi connectivity index (χ0n) is 15.5. The van der Waals surface area contributed by atoms with E-state index in [0.29, 0.717) is 17.9 Å². The molecule has 1 heterocycles. The highest BCUT2D eigenvalue weighted by Gasteiger charge is 2.38. The summed E-state index contributed by atoms with van der Waals surface area (Å²) in [6.07, 6.45) is -1.04. The van der Waals surface area contributed by atoms with Crippen molar-refractivity contribution >= 4 is 11.6 Å². The number of aliphatic hydroxyl groups excluding tert-OH is 2. The number of halogens is 1. The van der Waals surface area contributed by atoms with Crippen molar-refractivity contribution in [1.29, 1.82) is 0 Å². The normalized spacial score (nSPS) is 25.4. The lowest BCUT2D eigenvalue weighted by molar-refractivity contribution is -0.191. The van der Waals surface area contributed by atoms with Gasteiger partial charge in [-0.1, -0.05) is 35.9 Å². The molecule has 0 radical (unpaired) electrons. The number of methoxy groups -OCH3 is 2. The van der Waals surface area contributed by atoms with Gasteiger partial charge in [0.25, 0.3) is 0 Å². The Bertz CT molecular complexity index is 749. The predicted octanol–water partition coefficient (Wildman–Crippen LogP) is 3.14. The van der Waals surface area contributed by atoms with Gasteiger partial charge in [-0.2, -0.15) is 0 Å². The Hall–Kier alpha value is -1.63. The van der Waals surface area contributed by atoms with Crippen LogP contribution in [-0.4, -0.2) is 49.4 Å². The van der Waals surface area contributed by atoms with E-state index >= 15 is 0 Å². The molecule has 1 saturated heterocycles. The molecule has 146 valence electrons. The molecule has 3 rings (SSSR count). The van der Waals surface area contributed by atoms with Crippen molar-refractivity contribution < 1.29 is 24.4 Å². The van der Waals surface area contributed by atoms with Crippen LogP contribution >= 0.6 is 11.6 Å². The van der Waals surface area contributed by atoms with Crippen molar-refractivity contribution in [2.24, 2.45) is 0 Å². The minimum Gasteiger partial charge on any atom is -0.497 e. The molecule has 0 aromatic heterocycles. The van der Waals surface area contributed by atoms with Crippen molar-refractivity contribution in [2.75, 3.05) is 20.8 Å². The Morgan fingerprint density at radius 3 is 2.52 bits per heavy atom. The van der Waals surface area contributed by atoms with Crippen LogP contribution < -0.4 is 4.74 Å². The van der Waals surface area contributed by atoms with Gasteiger partial charge in [0.1, 0.15) is 18.0 Å². The van der Waals surface area contributed by atoms with E-state index in [0.717, 1.165) is 22.4 Å². The summed E-state index contributed by atoms with van der Waals surface area (Å²) in [5.41, 5.74) is 3.02. The van der Waals surface area contributed by atoms with Crippen molar-refractivity contribution in [3.63, 3.8) is 0 Å². The highest BCUT2D eigenvalue weighted by atomic mass is 35.5. The molecule has 0 aliphatic carbocycles. The lowest BCUT2D eigenvalue weighted by Crippen LogP contribution is -2.48. The van der Waals surface area contributed by atoms with E-state index in [9.17, 15) is 10.2 Å². The van der Waals surface area contributed by atoms with Crippen LogP contribution in [0.25, 0.3) is 0 Å². The summed E-state index contributed by atoms with van der Waals surface area (Å²) >= 11 is 6.40. The molecule has 2 aromatic carbocycles. The zero-order valence-corrected chi connectivity index (χ0v) is 16.2. The first-order valence-corrected chi connectivity index (χ1v) is 9.32. The molecule has 0 spiro atoms. The molecule has 27 heavy (non-hydrogen) atoms. The van der Waals surface area contributed by atoms with Gasteiger partial charge < -0.3 is 24.4 Å². The molecule has 1 fully saturated rings. The summed E-state index contributed by atoms with van der Waals surface area (Å²) in [4.78, 5) is 0. The van der Waals surface area contributed by atoms with E-state index in [1.54, 1.807) is 7.11 Å². The van der Waals surface area contributed by atoms with Crippen LogP contribution in [0.4, 0.5) is 0 Å². The molecular weight excluding hydrogens is 368 g/mol. The summed E-state index contributed by atoms with van der Waals surface area (Å²) < 4.78 is 16.4. The molecule has 1 aliphatic heterocycles. The molecule has 0 saturated carbocycles. The van der Waals surface area contributed by atoms with Gasteiger partial charge in [0.15, 0.2) is 0 Å². The number of benzene rings is 2. The van der Waals surface area contributed by atoms with E-state index in [-0.39, 0.29) is 12.7 Å². The van der Waals surface area contributed by atoms with Gasteiger partial charge in [0.05, 0.1) is 25.9 Å². The first-order chi connectivity index (χ1) is 13.0. The molecule has 4 unspecified atom stereocenters. The average molecular weight is 393 g/mol. The van der Waals surface area contributed by atoms with E-state index in [4.69, 9.17) is 25.8 Å². The van der Waals surface area contributed by atoms with Crippen LogP contribution in [0.1, 0.15) is 29.2 Å². The molecule has 0 amide bonds. The fourth-order valence-corrected chi connectivity index (χ4v) is 3.69. The number of hydrogen-bond acceptors (Lipinski definition) is 5. The monoisotopic (exact) mass is 392 g/mol. The highest BCUT2D eigenvalue weighted by molar-refractivity contribution is 6.31.